The zero-order chi connectivity index (χ0) is 15.2. The van der Waals surface area contributed by atoms with Gasteiger partial charge in [0.15, 0.2) is 0 Å². The van der Waals surface area contributed by atoms with E-state index in [4.69, 9.17) is 5.73 Å². The van der Waals surface area contributed by atoms with E-state index < -0.39 is 6.10 Å². The molecule has 4 heteroatoms. The fraction of sp³-hybridized carbons (Fsp3) is 0.588. The molecule has 1 saturated carbocycles. The lowest BCUT2D eigenvalue weighted by Gasteiger charge is -2.36. The number of hydrogen-bond acceptors (Lipinski definition) is 3. The third kappa shape index (κ3) is 4.05. The van der Waals surface area contributed by atoms with Gasteiger partial charge in [0.2, 0.25) is 5.91 Å². The number of nitrogens with two attached hydrogens (primary N) is 1. The lowest BCUT2D eigenvalue weighted by atomic mass is 9.90. The Morgan fingerprint density at radius 1 is 1.33 bits per heavy atom. The summed E-state index contributed by atoms with van der Waals surface area (Å²) in [6.45, 7) is 0.334. The van der Waals surface area contributed by atoms with Gasteiger partial charge in [-0.05, 0) is 24.8 Å². The van der Waals surface area contributed by atoms with Gasteiger partial charge >= 0.3 is 0 Å². The fourth-order valence-electron chi connectivity index (χ4n) is 3.16. The van der Waals surface area contributed by atoms with Gasteiger partial charge in [-0.3, -0.25) is 4.79 Å². The van der Waals surface area contributed by atoms with E-state index in [0.717, 1.165) is 31.2 Å². The molecule has 1 aliphatic carbocycles. The summed E-state index contributed by atoms with van der Waals surface area (Å²) in [6, 6.07) is 9.89. The first kappa shape index (κ1) is 16.0. The molecule has 3 unspecified atom stereocenters. The van der Waals surface area contributed by atoms with Gasteiger partial charge in [0.25, 0.3) is 0 Å². The summed E-state index contributed by atoms with van der Waals surface area (Å²) in [5, 5.41) is 10.1. The smallest absolute Gasteiger partial charge is 0.227 e. The topological polar surface area (TPSA) is 66.6 Å². The summed E-state index contributed by atoms with van der Waals surface area (Å²) < 4.78 is 0. The van der Waals surface area contributed by atoms with E-state index in [-0.39, 0.29) is 17.9 Å². The van der Waals surface area contributed by atoms with Crippen LogP contribution in [0.5, 0.6) is 0 Å². The van der Waals surface area contributed by atoms with Gasteiger partial charge in [-0.25, -0.2) is 0 Å². The van der Waals surface area contributed by atoms with E-state index in [1.165, 1.54) is 0 Å². The van der Waals surface area contributed by atoms with Crippen LogP contribution in [0.2, 0.25) is 0 Å². The number of amides is 1. The van der Waals surface area contributed by atoms with Crippen LogP contribution in [0.15, 0.2) is 30.3 Å². The van der Waals surface area contributed by atoms with Crippen LogP contribution in [0.1, 0.15) is 31.2 Å². The van der Waals surface area contributed by atoms with Crippen molar-refractivity contribution < 1.29 is 9.90 Å². The quantitative estimate of drug-likeness (QED) is 0.865. The van der Waals surface area contributed by atoms with Gasteiger partial charge in [0.05, 0.1) is 18.1 Å². The lowest BCUT2D eigenvalue weighted by Crippen LogP contribution is -2.49. The van der Waals surface area contributed by atoms with E-state index in [0.29, 0.717) is 13.0 Å². The monoisotopic (exact) mass is 290 g/mol. The van der Waals surface area contributed by atoms with Crippen LogP contribution < -0.4 is 5.73 Å². The first-order chi connectivity index (χ1) is 10.1. The number of benzene rings is 1. The van der Waals surface area contributed by atoms with Crippen LogP contribution >= 0.6 is 0 Å². The average Bonchev–Trinajstić information content (AvgIpc) is 2.53. The Hall–Kier alpha value is -1.39. The maximum absolute atomic E-state index is 12.7. The van der Waals surface area contributed by atoms with Gasteiger partial charge in [0, 0.05) is 13.6 Å². The Labute approximate surface area is 126 Å². The van der Waals surface area contributed by atoms with Crippen molar-refractivity contribution in [1.82, 2.24) is 4.90 Å². The maximum atomic E-state index is 12.7. The Morgan fingerprint density at radius 2 is 2.00 bits per heavy atom. The summed E-state index contributed by atoms with van der Waals surface area (Å²) in [4.78, 5) is 14.4. The number of carbonyl (C=O) groups excluding carboxylic acids is 1. The first-order valence-electron chi connectivity index (χ1n) is 7.82. The molecule has 116 valence electrons. The van der Waals surface area contributed by atoms with Crippen LogP contribution in [0.25, 0.3) is 0 Å². The number of nitrogens with zero attached hydrogens (tertiary/aromatic N) is 1. The molecule has 21 heavy (non-hydrogen) atoms. The fourth-order valence-corrected chi connectivity index (χ4v) is 3.16. The normalized spacial score (nSPS) is 23.6. The number of aliphatic hydroxyl groups is 1. The van der Waals surface area contributed by atoms with Crippen molar-refractivity contribution in [3.05, 3.63) is 35.9 Å². The predicted molar refractivity (Wildman–Crippen MR) is 83.7 cm³/mol. The molecule has 0 aliphatic heterocycles. The second-order valence-corrected chi connectivity index (χ2v) is 5.99. The second kappa shape index (κ2) is 7.57. The second-order valence-electron chi connectivity index (χ2n) is 5.99. The summed E-state index contributed by atoms with van der Waals surface area (Å²) >= 11 is 0. The van der Waals surface area contributed by atoms with Gasteiger partial charge in [0.1, 0.15) is 0 Å². The molecule has 1 amide bonds. The van der Waals surface area contributed by atoms with Crippen molar-refractivity contribution in [3.63, 3.8) is 0 Å². The molecule has 1 aromatic carbocycles. The van der Waals surface area contributed by atoms with Gasteiger partial charge in [-0.2, -0.15) is 0 Å². The van der Waals surface area contributed by atoms with E-state index in [1.807, 2.05) is 30.3 Å². The predicted octanol–water partition coefficient (Wildman–Crippen LogP) is 1.57. The molecule has 0 saturated heterocycles. The molecule has 1 aromatic rings. The summed E-state index contributed by atoms with van der Waals surface area (Å²) in [5.74, 6) is -0.168. The van der Waals surface area contributed by atoms with Crippen LogP contribution in [0.3, 0.4) is 0 Å². The van der Waals surface area contributed by atoms with Crippen molar-refractivity contribution in [2.75, 3.05) is 13.6 Å². The van der Waals surface area contributed by atoms with Crippen LogP contribution in [-0.2, 0) is 11.2 Å². The highest BCUT2D eigenvalue weighted by molar-refractivity contribution is 5.79. The standard InChI is InChI=1S/C17H26N2O2/c1-19(15-9-5-6-10-16(15)20)17(21)14(12-18)11-13-7-3-2-4-8-13/h2-4,7-8,14-16,20H,5-6,9-12,18H2,1H3. The maximum Gasteiger partial charge on any atom is 0.227 e. The Balaban J connectivity index is 2.01. The van der Waals surface area contributed by atoms with Crippen LogP contribution in [0.4, 0.5) is 0 Å². The van der Waals surface area contributed by atoms with Crippen molar-refractivity contribution >= 4 is 5.91 Å². The molecule has 3 atom stereocenters. The molecule has 0 heterocycles. The number of aliphatic hydroxyl groups excluding tert-OH is 1. The molecule has 0 aromatic heterocycles. The SMILES string of the molecule is CN(C(=O)C(CN)Cc1ccccc1)C1CCCCC1O. The lowest BCUT2D eigenvalue weighted by molar-refractivity contribution is -0.139. The minimum absolute atomic E-state index is 0.0484. The molecule has 1 fully saturated rings. The summed E-state index contributed by atoms with van der Waals surface area (Å²) in [6.07, 6.45) is 4.04. The van der Waals surface area contributed by atoms with Crippen molar-refractivity contribution in [3.8, 4) is 0 Å². The average molecular weight is 290 g/mol. The zero-order valence-electron chi connectivity index (χ0n) is 12.7. The summed E-state index contributed by atoms with van der Waals surface area (Å²) in [5.41, 5.74) is 6.94. The van der Waals surface area contributed by atoms with Crippen molar-refractivity contribution in [1.29, 1.82) is 0 Å². The Morgan fingerprint density at radius 3 is 2.62 bits per heavy atom. The third-order valence-corrected chi connectivity index (χ3v) is 4.50. The van der Waals surface area contributed by atoms with E-state index in [2.05, 4.69) is 0 Å². The molecular formula is C17H26N2O2. The molecule has 2 rings (SSSR count). The van der Waals surface area contributed by atoms with Crippen LogP contribution in [0, 0.1) is 5.92 Å². The Bertz CT molecular complexity index is 449. The number of carbonyl (C=O) groups is 1. The zero-order valence-corrected chi connectivity index (χ0v) is 12.7. The third-order valence-electron chi connectivity index (χ3n) is 4.50. The van der Waals surface area contributed by atoms with E-state index >= 15 is 0 Å². The van der Waals surface area contributed by atoms with Gasteiger partial charge in [-0.15, -0.1) is 0 Å². The molecular weight excluding hydrogens is 264 g/mol. The molecule has 3 N–H and O–H groups in total. The minimum Gasteiger partial charge on any atom is -0.391 e. The number of likely N-dealkylation sites (N-methyl/N-ethyl adjacent to an activating group) is 1. The van der Waals surface area contributed by atoms with Gasteiger partial charge in [-0.1, -0.05) is 43.2 Å². The number of hydrogen-bond donors (Lipinski definition) is 2. The largest absolute Gasteiger partial charge is 0.391 e. The molecule has 0 spiro atoms. The Kier molecular flexibility index (Phi) is 5.76. The van der Waals surface area contributed by atoms with Crippen LogP contribution in [-0.4, -0.2) is 41.7 Å². The molecule has 0 radical (unpaired) electrons. The highest BCUT2D eigenvalue weighted by Gasteiger charge is 2.32. The highest BCUT2D eigenvalue weighted by atomic mass is 16.3. The number of rotatable bonds is 5. The van der Waals surface area contributed by atoms with E-state index in [9.17, 15) is 9.90 Å². The highest BCUT2D eigenvalue weighted by Crippen LogP contribution is 2.24. The molecule has 0 bridgehead atoms. The van der Waals surface area contributed by atoms with Crippen molar-refractivity contribution in [2.45, 2.75) is 44.2 Å². The van der Waals surface area contributed by atoms with E-state index in [1.54, 1.807) is 11.9 Å². The molecule has 4 nitrogen and oxygen atoms in total. The minimum atomic E-state index is -0.400. The first-order valence-corrected chi connectivity index (χ1v) is 7.82. The van der Waals surface area contributed by atoms with Crippen molar-refractivity contribution in [2.24, 2.45) is 11.7 Å². The molecule has 1 aliphatic rings. The van der Waals surface area contributed by atoms with Gasteiger partial charge < -0.3 is 15.7 Å². The summed E-state index contributed by atoms with van der Waals surface area (Å²) in [7, 11) is 1.80.